The van der Waals surface area contributed by atoms with Crippen molar-refractivity contribution in [2.45, 2.75) is 62.7 Å². The molecule has 0 amide bonds. The second kappa shape index (κ2) is 19.3. The number of halogens is 1. The van der Waals surface area contributed by atoms with Crippen LogP contribution in [-0.4, -0.2) is 85.7 Å². The summed E-state index contributed by atoms with van der Waals surface area (Å²) in [6, 6.07) is 19.3. The predicted molar refractivity (Wildman–Crippen MR) is 211 cm³/mol. The molecule has 1 fully saturated rings. The van der Waals surface area contributed by atoms with Gasteiger partial charge in [-0.2, -0.15) is 0 Å². The molecule has 1 aliphatic rings. The first kappa shape index (κ1) is 41.6. The van der Waals surface area contributed by atoms with E-state index >= 15 is 0 Å². The number of ether oxygens (including phenoxy) is 3. The summed E-state index contributed by atoms with van der Waals surface area (Å²) in [6.07, 6.45) is 5.53. The number of hydrogen-bond acceptors (Lipinski definition) is 9. The molecule has 290 valence electrons. The van der Waals surface area contributed by atoms with Crippen molar-refractivity contribution < 1.29 is 39.1 Å². The van der Waals surface area contributed by atoms with E-state index in [-0.39, 0.29) is 19.1 Å². The number of hydrogen-bond donors (Lipinski definition) is 3. The quantitative estimate of drug-likeness (QED) is 0.0714. The molecule has 1 saturated heterocycles. The number of carboxylic acid groups (broad SMARTS) is 2. The van der Waals surface area contributed by atoms with Crippen LogP contribution in [0.4, 0.5) is 0 Å². The minimum Gasteiger partial charge on any atom is -0.493 e. The van der Waals surface area contributed by atoms with Crippen LogP contribution in [0.3, 0.4) is 0 Å². The average Bonchev–Trinajstić information content (AvgIpc) is 3.19. The van der Waals surface area contributed by atoms with E-state index in [0.717, 1.165) is 65.9 Å². The number of aliphatic hydroxyl groups is 1. The topological polar surface area (TPSA) is 162 Å². The second-order valence-corrected chi connectivity index (χ2v) is 18.2. The molecular weight excluding hydrogens is 785 g/mol. The summed E-state index contributed by atoms with van der Waals surface area (Å²) in [5, 5.41) is 39.0. The van der Waals surface area contributed by atoms with Crippen molar-refractivity contribution in [2.75, 3.05) is 32.8 Å². The molecule has 0 saturated carbocycles. The molecule has 11 nitrogen and oxygen atoms in total. The number of nitriles is 1. The Morgan fingerprint density at radius 1 is 0.982 bits per heavy atom. The molecule has 2 heterocycles. The van der Waals surface area contributed by atoms with Crippen LogP contribution in [0.2, 0.25) is 9.23 Å². The van der Waals surface area contributed by atoms with Crippen molar-refractivity contribution in [3.05, 3.63) is 105 Å². The maximum absolute atomic E-state index is 11.9. The molecule has 55 heavy (non-hydrogen) atoms. The molecule has 3 N–H and O–H groups in total. The van der Waals surface area contributed by atoms with E-state index in [4.69, 9.17) is 25.8 Å². The van der Waals surface area contributed by atoms with E-state index in [1.54, 1.807) is 31.3 Å². The van der Waals surface area contributed by atoms with Gasteiger partial charge in [0.05, 0.1) is 12.5 Å². The Morgan fingerprint density at radius 2 is 1.73 bits per heavy atom. The van der Waals surface area contributed by atoms with Crippen LogP contribution in [-0.2, 0) is 28.0 Å². The number of aliphatic carboxylic acids is 2. The van der Waals surface area contributed by atoms with Crippen LogP contribution < -0.4 is 14.2 Å². The SMILES string of the molecule is Cc1c(COc2cc(OCc3cncc(C#N)c3)c(C[AsH][C@@](C)(CO)C(=O)O)cc2Cl)cccc1-c1cccc(OCCCN2CCC[C@H](C(=O)O)C2)c1C. The number of carboxylic acids is 2. The van der Waals surface area contributed by atoms with Gasteiger partial charge in [-0.05, 0) is 38.8 Å². The van der Waals surface area contributed by atoms with Crippen LogP contribution >= 0.6 is 11.6 Å². The summed E-state index contributed by atoms with van der Waals surface area (Å²) in [7, 11) is 0. The molecular formula is C42H47AsClN3O8. The van der Waals surface area contributed by atoms with Gasteiger partial charge in [0.15, 0.2) is 0 Å². The van der Waals surface area contributed by atoms with Crippen LogP contribution in [0.1, 0.15) is 59.6 Å². The van der Waals surface area contributed by atoms with Crippen LogP contribution in [0.25, 0.3) is 11.1 Å². The van der Waals surface area contributed by atoms with Crippen molar-refractivity contribution >= 4 is 39.3 Å². The zero-order valence-corrected chi connectivity index (χ0v) is 34.2. The first-order valence-corrected chi connectivity index (χ1v) is 21.1. The third-order valence-electron chi connectivity index (χ3n) is 10.0. The normalized spacial score (nSPS) is 15.7. The number of rotatable bonds is 18. The molecule has 3 atom stereocenters. The smallest absolute Gasteiger partial charge is 0.493 e. The number of nitrogens with zero attached hydrogens (tertiary/aromatic N) is 3. The molecule has 0 bridgehead atoms. The zero-order chi connectivity index (χ0) is 39.5. The van der Waals surface area contributed by atoms with Gasteiger partial charge in [-0.1, -0.05) is 6.07 Å². The number of carbonyl (C=O) groups is 2. The molecule has 0 aliphatic carbocycles. The van der Waals surface area contributed by atoms with Gasteiger partial charge in [0, 0.05) is 13.1 Å². The fourth-order valence-electron chi connectivity index (χ4n) is 6.52. The van der Waals surface area contributed by atoms with E-state index in [2.05, 4.69) is 35.0 Å². The Bertz CT molecular complexity index is 2040. The van der Waals surface area contributed by atoms with Crippen molar-refractivity contribution in [1.29, 1.82) is 5.26 Å². The maximum atomic E-state index is 11.9. The van der Waals surface area contributed by atoms with Gasteiger partial charge in [-0.3, -0.25) is 4.79 Å². The van der Waals surface area contributed by atoms with Crippen molar-refractivity contribution in [1.82, 2.24) is 9.88 Å². The third kappa shape index (κ3) is 10.8. The van der Waals surface area contributed by atoms with Gasteiger partial charge in [-0.15, -0.1) is 0 Å². The Morgan fingerprint density at radius 3 is 2.45 bits per heavy atom. The standard InChI is InChI=1S/C42H47AsClN3O8/c1-27-32(8-4-10-34(27)35-11-5-12-37(28(35)2)53-15-7-14-47-13-6-9-31(23-47)40(49)50)25-55-39-18-38(54-24-30-16-29(20-45)21-46-22-30)33(17-36(39)44)19-43-42(3,26-48)41(51)52/h4-5,8,10-12,16-18,21-22,31,43,48H,6-7,9,13-15,19,23-26H2,1-3H3,(H,49,50)(H,51,52)/t31-,42-/m0/s1. The van der Waals surface area contributed by atoms with E-state index in [1.807, 2.05) is 31.2 Å². The Labute approximate surface area is 333 Å². The Kier molecular flexibility index (Phi) is 14.6. The summed E-state index contributed by atoms with van der Waals surface area (Å²) in [5.74, 6) is -0.386. The molecule has 3 aromatic carbocycles. The first-order chi connectivity index (χ1) is 26.4. The fourth-order valence-corrected chi connectivity index (χ4v) is 9.11. The summed E-state index contributed by atoms with van der Waals surface area (Å²) in [5.41, 5.74) is 6.91. The summed E-state index contributed by atoms with van der Waals surface area (Å²) >= 11 is 5.54. The van der Waals surface area contributed by atoms with Crippen LogP contribution in [0.15, 0.2) is 67.0 Å². The van der Waals surface area contributed by atoms with Gasteiger partial charge >= 0.3 is 239 Å². The molecule has 1 aromatic heterocycles. The average molecular weight is 832 g/mol. The third-order valence-corrected chi connectivity index (χ3v) is 13.9. The summed E-state index contributed by atoms with van der Waals surface area (Å²) in [6.45, 7) is 8.35. The van der Waals surface area contributed by atoms with Gasteiger partial charge < -0.3 is 14.7 Å². The van der Waals surface area contributed by atoms with Crippen molar-refractivity contribution in [3.63, 3.8) is 0 Å². The van der Waals surface area contributed by atoms with Gasteiger partial charge in [0.2, 0.25) is 0 Å². The molecule has 13 heteroatoms. The Balaban J connectivity index is 1.29. The first-order valence-electron chi connectivity index (χ1n) is 18.2. The van der Waals surface area contributed by atoms with Gasteiger partial charge in [0.25, 0.3) is 0 Å². The second-order valence-electron chi connectivity index (χ2n) is 14.0. The molecule has 5 rings (SSSR count). The molecule has 1 unspecified atom stereocenters. The van der Waals surface area contributed by atoms with Crippen molar-refractivity contribution in [2.24, 2.45) is 5.92 Å². The Hall–Kier alpha value is -4.59. The monoisotopic (exact) mass is 831 g/mol. The number of aliphatic hydroxyl groups excluding tert-OH is 1. The number of likely N-dealkylation sites (tertiary alicyclic amines) is 1. The van der Waals surface area contributed by atoms with E-state index in [9.17, 15) is 30.2 Å². The summed E-state index contributed by atoms with van der Waals surface area (Å²) < 4.78 is 17.6. The fraction of sp³-hybridized carbons (Fsp3) is 0.381. The van der Waals surface area contributed by atoms with Gasteiger partial charge in [-0.25, -0.2) is 0 Å². The molecule has 1 aliphatic heterocycles. The molecule has 0 spiro atoms. The van der Waals surface area contributed by atoms with E-state index < -0.39 is 38.5 Å². The van der Waals surface area contributed by atoms with Crippen molar-refractivity contribution in [3.8, 4) is 34.4 Å². The number of benzene rings is 3. The van der Waals surface area contributed by atoms with Gasteiger partial charge in [0.1, 0.15) is 5.75 Å². The van der Waals surface area contributed by atoms with Crippen LogP contribution in [0.5, 0.6) is 17.2 Å². The van der Waals surface area contributed by atoms with E-state index in [0.29, 0.717) is 51.6 Å². The minimum atomic E-state index is -1.23. The zero-order valence-electron chi connectivity index (χ0n) is 31.3. The van der Waals surface area contributed by atoms with E-state index in [1.165, 1.54) is 6.20 Å². The molecule has 0 radical (unpaired) electrons. The molecule has 4 aromatic rings. The number of aromatic nitrogens is 1. The number of pyridine rings is 1. The summed E-state index contributed by atoms with van der Waals surface area (Å²) in [4.78, 5) is 29.7. The van der Waals surface area contributed by atoms with Crippen LogP contribution in [0, 0.1) is 31.1 Å². The number of piperidine rings is 1. The minimum absolute atomic E-state index is 0.113. The predicted octanol–water partition coefficient (Wildman–Crippen LogP) is 6.81.